The second-order valence-corrected chi connectivity index (χ2v) is 10.8. The van der Waals surface area contributed by atoms with E-state index in [1.165, 1.54) is 5.56 Å². The van der Waals surface area contributed by atoms with Crippen molar-refractivity contribution in [2.24, 2.45) is 4.99 Å². The number of pyridine rings is 1. The van der Waals surface area contributed by atoms with Crippen LogP contribution in [-0.4, -0.2) is 33.8 Å². The molecule has 0 bridgehead atoms. The van der Waals surface area contributed by atoms with Crippen molar-refractivity contribution in [1.82, 2.24) is 14.5 Å². The van der Waals surface area contributed by atoms with Gasteiger partial charge in [0.25, 0.3) is 0 Å². The average Bonchev–Trinajstić information content (AvgIpc) is 2.95. The number of halogens is 1. The Morgan fingerprint density at radius 2 is 1.74 bits per heavy atom. The van der Waals surface area contributed by atoms with Gasteiger partial charge in [-0.2, -0.15) is 0 Å². The van der Waals surface area contributed by atoms with Crippen molar-refractivity contribution >= 4 is 34.0 Å². The van der Waals surface area contributed by atoms with Gasteiger partial charge < -0.3 is 14.6 Å². The Morgan fingerprint density at radius 3 is 2.46 bits per heavy atom. The minimum absolute atomic E-state index is 0.241. The molecule has 0 atom stereocenters. The van der Waals surface area contributed by atoms with Crippen molar-refractivity contribution in [3.05, 3.63) is 94.6 Å². The Balaban J connectivity index is 1.58. The summed E-state index contributed by atoms with van der Waals surface area (Å²) in [7, 11) is 1.80. The summed E-state index contributed by atoms with van der Waals surface area (Å²) in [4.78, 5) is 14.9. The van der Waals surface area contributed by atoms with Crippen molar-refractivity contribution in [2.75, 3.05) is 12.4 Å². The Labute approximate surface area is 233 Å². The first-order valence-electron chi connectivity index (χ1n) is 13.5. The zero-order valence-electron chi connectivity index (χ0n) is 22.5. The van der Waals surface area contributed by atoms with Gasteiger partial charge >= 0.3 is 0 Å². The van der Waals surface area contributed by atoms with Gasteiger partial charge in [0.15, 0.2) is 0 Å². The molecule has 3 aromatic rings. The fourth-order valence-corrected chi connectivity index (χ4v) is 5.51. The number of benzene rings is 3. The number of hydrogen-bond donors (Lipinski definition) is 1. The number of anilines is 2. The Hall–Kier alpha value is -3.74. The standard InChI is InChI=1S/C32H32ClN5O/c1-20-4-15-27-31(16-20)38(25-11-6-22(33)7-12-25)32-18-29(35-23-9-13-26(39-3)14-10-23)28(17-30(32)37-27)36-24-8-5-21(2)34-19-24/h4-8,11-12,15-19,23,26,36H,9-10,13-14H2,1-3H3. The number of nitrogens with one attached hydrogen (secondary N) is 1. The van der Waals surface area contributed by atoms with Crippen LogP contribution in [0.15, 0.2) is 77.9 Å². The quantitative estimate of drug-likeness (QED) is 0.237. The van der Waals surface area contributed by atoms with Crippen LogP contribution in [0.25, 0.3) is 28.1 Å². The van der Waals surface area contributed by atoms with Gasteiger partial charge in [-0.3, -0.25) is 9.98 Å². The Morgan fingerprint density at radius 1 is 0.949 bits per heavy atom. The highest BCUT2D eigenvalue weighted by Gasteiger charge is 2.22. The lowest BCUT2D eigenvalue weighted by Crippen LogP contribution is -2.25. The number of aryl methyl sites for hydroxylation is 2. The van der Waals surface area contributed by atoms with Crippen LogP contribution >= 0.6 is 11.6 Å². The first-order valence-corrected chi connectivity index (χ1v) is 13.8. The molecule has 0 spiro atoms. The van der Waals surface area contributed by atoms with E-state index in [1.807, 2.05) is 37.4 Å². The number of nitrogens with zero attached hydrogens (tertiary/aromatic N) is 4. The highest BCUT2D eigenvalue weighted by molar-refractivity contribution is 6.30. The Kier molecular flexibility index (Phi) is 7.07. The highest BCUT2D eigenvalue weighted by atomic mass is 35.5. The van der Waals surface area contributed by atoms with Gasteiger partial charge in [0, 0.05) is 23.5 Å². The summed E-state index contributed by atoms with van der Waals surface area (Å²) in [5, 5.41) is 5.20. The number of rotatable bonds is 5. The third kappa shape index (κ3) is 5.40. The summed E-state index contributed by atoms with van der Waals surface area (Å²) in [6.45, 7) is 4.10. The van der Waals surface area contributed by atoms with Crippen molar-refractivity contribution in [2.45, 2.75) is 51.7 Å². The van der Waals surface area contributed by atoms with Gasteiger partial charge in [-0.15, -0.1) is 0 Å². The van der Waals surface area contributed by atoms with Gasteiger partial charge in [-0.25, -0.2) is 4.98 Å². The zero-order valence-corrected chi connectivity index (χ0v) is 23.2. The SMILES string of the molecule is COC1CCC(N=c2cc3n(-c4ccc(Cl)cc4)c4cc(C)ccc4nc-3cc2Nc2ccc(C)nc2)CC1. The largest absolute Gasteiger partial charge is 0.381 e. The number of ether oxygens (including phenoxy) is 1. The van der Waals surface area contributed by atoms with Crippen molar-refractivity contribution in [3.8, 4) is 17.1 Å². The molecule has 1 N–H and O–H groups in total. The normalized spacial score (nSPS) is 18.1. The maximum atomic E-state index is 6.26. The third-order valence-corrected chi connectivity index (χ3v) is 7.77. The molecule has 3 aliphatic rings. The molecule has 6 nitrogen and oxygen atoms in total. The summed E-state index contributed by atoms with van der Waals surface area (Å²) >= 11 is 6.26. The van der Waals surface area contributed by atoms with E-state index in [0.29, 0.717) is 11.1 Å². The van der Waals surface area contributed by atoms with Crippen molar-refractivity contribution in [1.29, 1.82) is 0 Å². The van der Waals surface area contributed by atoms with E-state index in [9.17, 15) is 0 Å². The van der Waals surface area contributed by atoms with E-state index in [1.54, 1.807) is 7.11 Å². The topological polar surface area (TPSA) is 64.3 Å². The van der Waals surface area contributed by atoms with Gasteiger partial charge in [0.05, 0.1) is 57.5 Å². The van der Waals surface area contributed by atoms with E-state index < -0.39 is 0 Å². The summed E-state index contributed by atoms with van der Waals surface area (Å²) in [6.07, 6.45) is 6.26. The van der Waals surface area contributed by atoms with E-state index in [2.05, 4.69) is 64.3 Å². The van der Waals surface area contributed by atoms with Crippen LogP contribution in [0.3, 0.4) is 0 Å². The predicted octanol–water partition coefficient (Wildman–Crippen LogP) is 7.40. The molecule has 2 aliphatic carbocycles. The van der Waals surface area contributed by atoms with E-state index in [4.69, 9.17) is 26.3 Å². The van der Waals surface area contributed by atoms with Crippen LogP contribution in [0.2, 0.25) is 5.02 Å². The second-order valence-electron chi connectivity index (χ2n) is 10.4. The molecule has 0 saturated heterocycles. The second kappa shape index (κ2) is 10.8. The highest BCUT2D eigenvalue weighted by Crippen LogP contribution is 2.32. The maximum absolute atomic E-state index is 6.26. The zero-order chi connectivity index (χ0) is 26.9. The molecule has 1 saturated carbocycles. The lowest BCUT2D eigenvalue weighted by molar-refractivity contribution is 0.0663. The summed E-state index contributed by atoms with van der Waals surface area (Å²) in [5.41, 5.74) is 8.86. The van der Waals surface area contributed by atoms with Crippen LogP contribution in [0.4, 0.5) is 11.4 Å². The fraction of sp³-hybridized carbons (Fsp3) is 0.281. The predicted molar refractivity (Wildman–Crippen MR) is 158 cm³/mol. The minimum Gasteiger partial charge on any atom is -0.381 e. The number of aromatic nitrogens is 3. The van der Waals surface area contributed by atoms with Gasteiger partial charge in [0.2, 0.25) is 0 Å². The first-order chi connectivity index (χ1) is 19.0. The summed E-state index contributed by atoms with van der Waals surface area (Å²) < 4.78 is 7.86. The summed E-state index contributed by atoms with van der Waals surface area (Å²) in [5.74, 6) is 0. The van der Waals surface area contributed by atoms with Crippen LogP contribution < -0.4 is 10.7 Å². The van der Waals surface area contributed by atoms with Gasteiger partial charge in [0.1, 0.15) is 0 Å². The number of fused-ring (bicyclic) bond motifs is 2. The molecular formula is C32H32ClN5O. The Bertz CT molecular complexity index is 1650. The fourth-order valence-electron chi connectivity index (χ4n) is 5.38. The number of hydrogen-bond acceptors (Lipinski definition) is 5. The number of methoxy groups -OCH3 is 1. The molecule has 2 heterocycles. The molecule has 0 unspecified atom stereocenters. The molecule has 39 heavy (non-hydrogen) atoms. The third-order valence-electron chi connectivity index (χ3n) is 7.52. The molecular weight excluding hydrogens is 506 g/mol. The molecule has 6 rings (SSSR count). The lowest BCUT2D eigenvalue weighted by atomic mass is 9.93. The van der Waals surface area contributed by atoms with Gasteiger partial charge in [-0.05, 0) is 106 Å². The first kappa shape index (κ1) is 25.5. The molecule has 198 valence electrons. The van der Waals surface area contributed by atoms with Crippen LogP contribution in [-0.2, 0) is 4.74 Å². The maximum Gasteiger partial charge on any atom is 0.0900 e. The molecule has 1 aromatic heterocycles. The van der Waals surface area contributed by atoms with E-state index >= 15 is 0 Å². The molecule has 0 radical (unpaired) electrons. The molecule has 1 aliphatic heterocycles. The molecule has 7 heteroatoms. The molecule has 0 amide bonds. The minimum atomic E-state index is 0.241. The van der Waals surface area contributed by atoms with Crippen molar-refractivity contribution in [3.63, 3.8) is 0 Å². The molecule has 1 fully saturated rings. The van der Waals surface area contributed by atoms with E-state index in [0.717, 1.165) is 76.2 Å². The smallest absolute Gasteiger partial charge is 0.0900 e. The van der Waals surface area contributed by atoms with Crippen LogP contribution in [0, 0.1) is 13.8 Å². The average molecular weight is 538 g/mol. The lowest BCUT2D eigenvalue weighted by Gasteiger charge is -2.25. The van der Waals surface area contributed by atoms with Crippen LogP contribution in [0.5, 0.6) is 0 Å². The van der Waals surface area contributed by atoms with Crippen LogP contribution in [0.1, 0.15) is 36.9 Å². The monoisotopic (exact) mass is 537 g/mol. The summed E-state index contributed by atoms with van der Waals surface area (Å²) in [6, 6.07) is 22.9. The van der Waals surface area contributed by atoms with Crippen molar-refractivity contribution < 1.29 is 4.74 Å². The van der Waals surface area contributed by atoms with Gasteiger partial charge in [-0.1, -0.05) is 17.7 Å². The molecule has 2 aromatic carbocycles. The van der Waals surface area contributed by atoms with E-state index in [-0.39, 0.29) is 6.04 Å².